The summed E-state index contributed by atoms with van der Waals surface area (Å²) >= 11 is 12.2. The average molecular weight is 373 g/mol. The summed E-state index contributed by atoms with van der Waals surface area (Å²) < 4.78 is 0. The van der Waals surface area contributed by atoms with E-state index in [9.17, 15) is 4.79 Å². The highest BCUT2D eigenvalue weighted by Crippen LogP contribution is 2.28. The first kappa shape index (κ1) is 20.0. The minimum atomic E-state index is -0.159. The molecule has 0 aliphatic rings. The van der Waals surface area contributed by atoms with Gasteiger partial charge >= 0.3 is 0 Å². The zero-order valence-electron chi connectivity index (χ0n) is 13.1. The molecular weight excluding hydrogens is 353 g/mol. The van der Waals surface area contributed by atoms with Crippen LogP contribution in [0.2, 0.25) is 10.0 Å². The summed E-state index contributed by atoms with van der Waals surface area (Å²) in [5, 5.41) is 0.752. The number of nitrogens with zero attached hydrogens (tertiary/aromatic N) is 1. The third kappa shape index (κ3) is 5.50. The van der Waals surface area contributed by atoms with Crippen molar-refractivity contribution in [2.45, 2.75) is 6.42 Å². The van der Waals surface area contributed by atoms with E-state index in [1.165, 1.54) is 0 Å². The van der Waals surface area contributed by atoms with Gasteiger partial charge in [0.15, 0.2) is 5.78 Å². The van der Waals surface area contributed by atoms with E-state index in [4.69, 9.17) is 23.2 Å². The van der Waals surface area contributed by atoms with Crippen LogP contribution in [0.25, 0.3) is 0 Å². The van der Waals surface area contributed by atoms with Crippen molar-refractivity contribution in [2.24, 2.45) is 5.92 Å². The molecule has 0 amide bonds. The molecule has 1 unspecified atom stereocenters. The first-order valence-corrected chi connectivity index (χ1v) is 7.91. The van der Waals surface area contributed by atoms with E-state index < -0.39 is 0 Å². The summed E-state index contributed by atoms with van der Waals surface area (Å²) in [5.74, 6) is -0.126. The molecule has 0 bridgehead atoms. The van der Waals surface area contributed by atoms with Gasteiger partial charge in [-0.15, -0.1) is 12.4 Å². The molecule has 0 aromatic heterocycles. The molecule has 0 fully saturated rings. The fourth-order valence-electron chi connectivity index (χ4n) is 2.49. The monoisotopic (exact) mass is 371 g/mol. The van der Waals surface area contributed by atoms with Gasteiger partial charge < -0.3 is 4.90 Å². The molecule has 2 nitrogen and oxygen atoms in total. The van der Waals surface area contributed by atoms with Crippen LogP contribution in [0.4, 0.5) is 0 Å². The minimum Gasteiger partial charge on any atom is -0.309 e. The smallest absolute Gasteiger partial charge is 0.169 e. The molecule has 2 aromatic carbocycles. The summed E-state index contributed by atoms with van der Waals surface area (Å²) in [6.07, 6.45) is 0.681. The average Bonchev–Trinajstić information content (AvgIpc) is 2.49. The molecular formula is C18H20Cl3NO. The number of halogens is 3. The Labute approximate surface area is 153 Å². The summed E-state index contributed by atoms with van der Waals surface area (Å²) in [4.78, 5) is 14.9. The van der Waals surface area contributed by atoms with Crippen LogP contribution >= 0.6 is 35.6 Å². The highest BCUT2D eigenvalue weighted by atomic mass is 35.5. The number of rotatable bonds is 6. The van der Waals surface area contributed by atoms with E-state index >= 15 is 0 Å². The normalized spacial score (nSPS) is 11.9. The van der Waals surface area contributed by atoms with Crippen LogP contribution in [0.15, 0.2) is 48.5 Å². The Balaban J connectivity index is 0.00000264. The Bertz CT molecular complexity index is 644. The molecule has 0 aliphatic carbocycles. The molecule has 23 heavy (non-hydrogen) atoms. The predicted molar refractivity (Wildman–Crippen MR) is 100 cm³/mol. The third-order valence-corrected chi connectivity index (χ3v) is 4.32. The Morgan fingerprint density at radius 3 is 2.30 bits per heavy atom. The zero-order chi connectivity index (χ0) is 16.1. The summed E-state index contributed by atoms with van der Waals surface area (Å²) in [5.41, 5.74) is 1.64. The Hall–Kier alpha value is -1.06. The van der Waals surface area contributed by atoms with Gasteiger partial charge in [0, 0.05) is 18.0 Å². The molecule has 124 valence electrons. The number of carbonyl (C=O) groups excluding carboxylic acids is 1. The Morgan fingerprint density at radius 1 is 1.04 bits per heavy atom. The molecule has 0 radical (unpaired) electrons. The summed E-state index contributed by atoms with van der Waals surface area (Å²) in [6, 6.07) is 15.2. The van der Waals surface area contributed by atoms with Gasteiger partial charge in [0.25, 0.3) is 0 Å². The number of hydrogen-bond donors (Lipinski definition) is 0. The first-order valence-electron chi connectivity index (χ1n) is 7.16. The van der Waals surface area contributed by atoms with E-state index in [2.05, 4.69) is 0 Å². The van der Waals surface area contributed by atoms with Crippen LogP contribution in [-0.4, -0.2) is 31.3 Å². The lowest BCUT2D eigenvalue weighted by molar-refractivity contribution is 0.0897. The molecule has 0 saturated carbocycles. The van der Waals surface area contributed by atoms with Gasteiger partial charge in [0.2, 0.25) is 0 Å². The molecule has 0 saturated heterocycles. The van der Waals surface area contributed by atoms with Gasteiger partial charge in [0.1, 0.15) is 0 Å². The van der Waals surface area contributed by atoms with Crippen molar-refractivity contribution in [3.63, 3.8) is 0 Å². The largest absolute Gasteiger partial charge is 0.309 e. The van der Waals surface area contributed by atoms with Gasteiger partial charge in [-0.1, -0.05) is 59.6 Å². The van der Waals surface area contributed by atoms with Gasteiger partial charge in [-0.25, -0.2) is 0 Å². The Morgan fingerprint density at radius 2 is 1.70 bits per heavy atom. The van der Waals surface area contributed by atoms with Crippen LogP contribution in [0.5, 0.6) is 0 Å². The number of ketones is 1. The maximum atomic E-state index is 12.9. The quantitative estimate of drug-likeness (QED) is 0.664. The van der Waals surface area contributed by atoms with Crippen LogP contribution in [0, 0.1) is 5.92 Å². The summed E-state index contributed by atoms with van der Waals surface area (Å²) in [7, 11) is 3.93. The number of hydrogen-bond acceptors (Lipinski definition) is 2. The van der Waals surface area contributed by atoms with E-state index in [0.29, 0.717) is 28.6 Å². The van der Waals surface area contributed by atoms with E-state index in [1.54, 1.807) is 18.2 Å². The van der Waals surface area contributed by atoms with Gasteiger partial charge in [-0.05, 0) is 38.2 Å². The van der Waals surface area contributed by atoms with Crippen molar-refractivity contribution in [1.29, 1.82) is 0 Å². The topological polar surface area (TPSA) is 20.3 Å². The highest BCUT2D eigenvalue weighted by Gasteiger charge is 2.24. The van der Waals surface area contributed by atoms with Gasteiger partial charge in [-0.3, -0.25) is 4.79 Å². The van der Waals surface area contributed by atoms with Crippen molar-refractivity contribution in [3.05, 3.63) is 69.7 Å². The first-order chi connectivity index (χ1) is 10.5. The molecule has 2 aromatic rings. The SMILES string of the molecule is CN(C)CC(Cc1ccccc1)C(=O)c1cccc(Cl)c1Cl.Cl. The van der Waals surface area contributed by atoms with Crippen molar-refractivity contribution in [1.82, 2.24) is 4.90 Å². The minimum absolute atomic E-state index is 0. The summed E-state index contributed by atoms with van der Waals surface area (Å²) in [6.45, 7) is 0.663. The molecule has 5 heteroatoms. The molecule has 2 rings (SSSR count). The van der Waals surface area contributed by atoms with Crippen LogP contribution in [0.3, 0.4) is 0 Å². The lowest BCUT2D eigenvalue weighted by atomic mass is 9.91. The maximum absolute atomic E-state index is 12.9. The van der Waals surface area contributed by atoms with Gasteiger partial charge in [-0.2, -0.15) is 0 Å². The lowest BCUT2D eigenvalue weighted by Gasteiger charge is -2.21. The van der Waals surface area contributed by atoms with Crippen LogP contribution in [-0.2, 0) is 6.42 Å². The fourth-order valence-corrected chi connectivity index (χ4v) is 2.89. The van der Waals surface area contributed by atoms with E-state index in [-0.39, 0.29) is 24.1 Å². The van der Waals surface area contributed by atoms with Gasteiger partial charge in [0.05, 0.1) is 10.0 Å². The Kier molecular flexibility index (Phi) is 8.07. The van der Waals surface area contributed by atoms with Crippen molar-refractivity contribution >= 4 is 41.4 Å². The molecule has 0 spiro atoms. The van der Waals surface area contributed by atoms with E-state index in [1.807, 2.05) is 49.3 Å². The highest BCUT2D eigenvalue weighted by molar-refractivity contribution is 6.44. The zero-order valence-corrected chi connectivity index (χ0v) is 15.5. The second kappa shape index (κ2) is 9.29. The maximum Gasteiger partial charge on any atom is 0.169 e. The second-order valence-corrected chi connectivity index (χ2v) is 6.40. The third-order valence-electron chi connectivity index (χ3n) is 3.50. The molecule has 0 aliphatic heterocycles. The second-order valence-electron chi connectivity index (χ2n) is 5.61. The van der Waals surface area contributed by atoms with Crippen molar-refractivity contribution in [3.8, 4) is 0 Å². The van der Waals surface area contributed by atoms with Crippen molar-refractivity contribution in [2.75, 3.05) is 20.6 Å². The van der Waals surface area contributed by atoms with Crippen molar-refractivity contribution < 1.29 is 4.79 Å². The molecule has 0 heterocycles. The predicted octanol–water partition coefficient (Wildman–Crippen LogP) is 5.02. The standard InChI is InChI=1S/C18H19Cl2NO.ClH/c1-21(2)12-14(11-13-7-4-3-5-8-13)18(22)15-9-6-10-16(19)17(15)20;/h3-10,14H,11-12H2,1-2H3;1H. The van der Waals surface area contributed by atoms with Crippen LogP contribution in [0.1, 0.15) is 15.9 Å². The van der Waals surface area contributed by atoms with Crippen LogP contribution < -0.4 is 0 Å². The molecule has 0 N–H and O–H groups in total. The number of Topliss-reactive ketones (excluding diaryl/α,β-unsaturated/α-hetero) is 1. The lowest BCUT2D eigenvalue weighted by Crippen LogP contribution is -2.30. The number of carbonyl (C=O) groups is 1. The molecule has 1 atom stereocenters. The van der Waals surface area contributed by atoms with E-state index in [0.717, 1.165) is 5.56 Å². The number of benzene rings is 2. The fraction of sp³-hybridized carbons (Fsp3) is 0.278.